The summed E-state index contributed by atoms with van der Waals surface area (Å²) < 4.78 is 25.0. The van der Waals surface area contributed by atoms with E-state index in [1.54, 1.807) is 0 Å². The minimum absolute atomic E-state index is 0.00521. The topological polar surface area (TPSA) is 56.0 Å². The number of halogens is 3. The molecule has 0 fully saturated rings. The molecular formula is C8H7BrF2N2O2. The van der Waals surface area contributed by atoms with Gasteiger partial charge in [0, 0.05) is 17.6 Å². The van der Waals surface area contributed by atoms with Gasteiger partial charge in [-0.1, -0.05) is 15.9 Å². The maximum atomic E-state index is 12.5. The van der Waals surface area contributed by atoms with Crippen molar-refractivity contribution in [3.63, 3.8) is 0 Å². The minimum Gasteiger partial charge on any atom is -0.258 e. The first-order valence-corrected chi connectivity index (χ1v) is 5.16. The third-order valence-electron chi connectivity index (χ3n) is 1.81. The molecule has 0 N–H and O–H groups in total. The Balaban J connectivity index is 3.28. The number of pyridine rings is 1. The number of alkyl halides is 3. The largest absolute Gasteiger partial charge is 0.280 e. The van der Waals surface area contributed by atoms with Gasteiger partial charge in [-0.3, -0.25) is 15.1 Å². The Hall–Kier alpha value is -1.11. The van der Waals surface area contributed by atoms with Crippen LogP contribution in [0, 0.1) is 10.1 Å². The standard InChI is InChI=1S/C8H7BrF2N2O2/c9-3-1-5-6(13(14)15)2-4-12-7(5)8(10)11/h2,4,8H,1,3H2. The molecule has 1 aromatic rings. The predicted molar refractivity (Wildman–Crippen MR) is 53.3 cm³/mol. The monoisotopic (exact) mass is 280 g/mol. The molecule has 0 spiro atoms. The Bertz CT molecular complexity index is 374. The van der Waals surface area contributed by atoms with E-state index in [0.717, 1.165) is 12.3 Å². The van der Waals surface area contributed by atoms with Gasteiger partial charge in [-0.2, -0.15) is 0 Å². The van der Waals surface area contributed by atoms with Crippen molar-refractivity contribution in [1.82, 2.24) is 4.98 Å². The number of hydrogen-bond donors (Lipinski definition) is 0. The second kappa shape index (κ2) is 5.11. The van der Waals surface area contributed by atoms with E-state index < -0.39 is 17.0 Å². The Kier molecular flexibility index (Phi) is 4.07. The van der Waals surface area contributed by atoms with Gasteiger partial charge in [0.15, 0.2) is 0 Å². The van der Waals surface area contributed by atoms with Crippen molar-refractivity contribution in [2.75, 3.05) is 5.33 Å². The quantitative estimate of drug-likeness (QED) is 0.484. The van der Waals surface area contributed by atoms with Crippen molar-refractivity contribution >= 4 is 21.6 Å². The molecule has 0 bridgehead atoms. The molecule has 0 aromatic carbocycles. The number of nitrogens with zero attached hydrogens (tertiary/aromatic N) is 2. The predicted octanol–water partition coefficient (Wildman–Crippen LogP) is 2.86. The van der Waals surface area contributed by atoms with E-state index in [0.29, 0.717) is 5.33 Å². The Morgan fingerprint density at radius 1 is 1.60 bits per heavy atom. The van der Waals surface area contributed by atoms with Crippen LogP contribution in [0.15, 0.2) is 12.3 Å². The first-order valence-electron chi connectivity index (χ1n) is 4.04. The molecule has 1 rings (SSSR count). The fourth-order valence-electron chi connectivity index (χ4n) is 1.21. The SMILES string of the molecule is O=[N+]([O-])c1ccnc(C(F)F)c1CCBr. The maximum Gasteiger partial charge on any atom is 0.280 e. The van der Waals surface area contributed by atoms with Crippen LogP contribution in [0.1, 0.15) is 17.7 Å². The van der Waals surface area contributed by atoms with Gasteiger partial charge in [-0.05, 0) is 6.42 Å². The molecule has 1 aromatic heterocycles. The minimum atomic E-state index is -2.79. The zero-order chi connectivity index (χ0) is 11.4. The summed E-state index contributed by atoms with van der Waals surface area (Å²) in [7, 11) is 0. The molecule has 0 aliphatic carbocycles. The molecule has 0 saturated heterocycles. The molecule has 0 atom stereocenters. The first-order chi connectivity index (χ1) is 7.07. The van der Waals surface area contributed by atoms with Crippen molar-refractivity contribution in [3.05, 3.63) is 33.6 Å². The maximum absolute atomic E-state index is 12.5. The highest BCUT2D eigenvalue weighted by molar-refractivity contribution is 9.09. The molecule has 7 heteroatoms. The molecule has 15 heavy (non-hydrogen) atoms. The van der Waals surface area contributed by atoms with Crippen molar-refractivity contribution < 1.29 is 13.7 Å². The summed E-state index contributed by atoms with van der Waals surface area (Å²) in [6.45, 7) is 0. The summed E-state index contributed by atoms with van der Waals surface area (Å²) in [5, 5.41) is 11.0. The van der Waals surface area contributed by atoms with Gasteiger partial charge in [0.25, 0.3) is 12.1 Å². The van der Waals surface area contributed by atoms with Crippen molar-refractivity contribution in [2.45, 2.75) is 12.8 Å². The summed E-state index contributed by atoms with van der Waals surface area (Å²) in [6, 6.07) is 1.13. The van der Waals surface area contributed by atoms with E-state index in [1.807, 2.05) is 0 Å². The lowest BCUT2D eigenvalue weighted by atomic mass is 10.1. The molecular weight excluding hydrogens is 274 g/mol. The Labute approximate surface area is 92.6 Å². The average Bonchev–Trinajstić information content (AvgIpc) is 2.17. The lowest BCUT2D eigenvalue weighted by molar-refractivity contribution is -0.385. The van der Waals surface area contributed by atoms with E-state index in [9.17, 15) is 18.9 Å². The van der Waals surface area contributed by atoms with E-state index >= 15 is 0 Å². The highest BCUT2D eigenvalue weighted by atomic mass is 79.9. The van der Waals surface area contributed by atoms with Crippen LogP contribution in [0.5, 0.6) is 0 Å². The van der Waals surface area contributed by atoms with Crippen molar-refractivity contribution in [1.29, 1.82) is 0 Å². The molecule has 0 aliphatic heterocycles. The third-order valence-corrected chi connectivity index (χ3v) is 2.21. The van der Waals surface area contributed by atoms with E-state index in [2.05, 4.69) is 20.9 Å². The summed E-state index contributed by atoms with van der Waals surface area (Å²) in [5.74, 6) is 0. The van der Waals surface area contributed by atoms with Gasteiger partial charge in [0.2, 0.25) is 0 Å². The molecule has 0 radical (unpaired) electrons. The smallest absolute Gasteiger partial charge is 0.258 e. The molecule has 0 saturated carbocycles. The van der Waals surface area contributed by atoms with Crippen LogP contribution in [-0.4, -0.2) is 15.2 Å². The Morgan fingerprint density at radius 3 is 2.73 bits per heavy atom. The molecule has 0 unspecified atom stereocenters. The Morgan fingerprint density at radius 2 is 2.27 bits per heavy atom. The summed E-state index contributed by atoms with van der Waals surface area (Å²) >= 11 is 3.06. The van der Waals surface area contributed by atoms with Crippen LogP contribution >= 0.6 is 15.9 Å². The van der Waals surface area contributed by atoms with Crippen molar-refractivity contribution in [2.24, 2.45) is 0 Å². The fraction of sp³-hybridized carbons (Fsp3) is 0.375. The van der Waals surface area contributed by atoms with Crippen LogP contribution in [0.4, 0.5) is 14.5 Å². The second-order valence-corrected chi connectivity index (χ2v) is 3.48. The molecule has 0 aliphatic rings. The van der Waals surface area contributed by atoms with Crippen LogP contribution in [-0.2, 0) is 6.42 Å². The van der Waals surface area contributed by atoms with Crippen LogP contribution in [0.2, 0.25) is 0 Å². The van der Waals surface area contributed by atoms with E-state index in [-0.39, 0.29) is 17.7 Å². The first kappa shape index (κ1) is 12.0. The highest BCUT2D eigenvalue weighted by Gasteiger charge is 2.23. The summed E-state index contributed by atoms with van der Waals surface area (Å²) in [4.78, 5) is 13.4. The molecule has 1 heterocycles. The third kappa shape index (κ3) is 2.68. The number of aromatic nitrogens is 1. The lowest BCUT2D eigenvalue weighted by Gasteiger charge is -2.06. The molecule has 0 amide bonds. The van der Waals surface area contributed by atoms with Gasteiger partial charge in [-0.25, -0.2) is 8.78 Å². The van der Waals surface area contributed by atoms with Gasteiger partial charge in [-0.15, -0.1) is 0 Å². The second-order valence-electron chi connectivity index (χ2n) is 2.69. The van der Waals surface area contributed by atoms with Gasteiger partial charge in [0.05, 0.1) is 10.5 Å². The number of hydrogen-bond acceptors (Lipinski definition) is 3. The highest BCUT2D eigenvalue weighted by Crippen LogP contribution is 2.28. The number of nitro groups is 1. The van der Waals surface area contributed by atoms with E-state index in [1.165, 1.54) is 0 Å². The average molecular weight is 281 g/mol. The molecule has 4 nitrogen and oxygen atoms in total. The van der Waals surface area contributed by atoms with Crippen LogP contribution < -0.4 is 0 Å². The summed E-state index contributed by atoms with van der Waals surface area (Å²) in [5.41, 5.74) is -0.822. The summed E-state index contributed by atoms with van der Waals surface area (Å²) in [6.07, 6.45) is -1.61. The van der Waals surface area contributed by atoms with Crippen LogP contribution in [0.25, 0.3) is 0 Å². The van der Waals surface area contributed by atoms with Gasteiger partial charge >= 0.3 is 0 Å². The van der Waals surface area contributed by atoms with Gasteiger partial charge < -0.3 is 0 Å². The van der Waals surface area contributed by atoms with Gasteiger partial charge in [0.1, 0.15) is 5.69 Å². The van der Waals surface area contributed by atoms with Crippen LogP contribution in [0.3, 0.4) is 0 Å². The van der Waals surface area contributed by atoms with E-state index in [4.69, 9.17) is 0 Å². The molecule has 82 valence electrons. The number of rotatable bonds is 4. The lowest BCUT2D eigenvalue weighted by Crippen LogP contribution is -2.04. The van der Waals surface area contributed by atoms with Crippen molar-refractivity contribution in [3.8, 4) is 0 Å². The fourth-order valence-corrected chi connectivity index (χ4v) is 1.60. The zero-order valence-electron chi connectivity index (χ0n) is 7.49. The normalized spacial score (nSPS) is 10.7. The zero-order valence-corrected chi connectivity index (χ0v) is 9.08.